The van der Waals surface area contributed by atoms with E-state index in [0.29, 0.717) is 0 Å². The highest BCUT2D eigenvalue weighted by Crippen LogP contribution is 2.18. The Bertz CT molecular complexity index is 467. The number of nitrogens with one attached hydrogen (secondary N) is 1. The average molecular weight is 289 g/mol. The van der Waals surface area contributed by atoms with Gasteiger partial charge in [0.05, 0.1) is 6.04 Å². The molecule has 21 heavy (non-hydrogen) atoms. The molecule has 1 aliphatic heterocycles. The van der Waals surface area contributed by atoms with E-state index in [0.717, 1.165) is 39.1 Å². The Morgan fingerprint density at radius 2 is 2.00 bits per heavy atom. The minimum atomic E-state index is -0.0313. The van der Waals surface area contributed by atoms with Crippen molar-refractivity contribution in [2.75, 3.05) is 37.6 Å². The first kappa shape index (κ1) is 15.8. The Balaban J connectivity index is 1.86. The monoisotopic (exact) mass is 289 g/mol. The van der Waals surface area contributed by atoms with Gasteiger partial charge in [0, 0.05) is 38.4 Å². The van der Waals surface area contributed by atoms with Crippen molar-refractivity contribution in [3.63, 3.8) is 0 Å². The van der Waals surface area contributed by atoms with Gasteiger partial charge >= 0.3 is 0 Å². The van der Waals surface area contributed by atoms with Gasteiger partial charge in [-0.05, 0) is 38.0 Å². The smallest absolute Gasteiger partial charge is 0.237 e. The van der Waals surface area contributed by atoms with Crippen LogP contribution in [0, 0.1) is 6.92 Å². The van der Waals surface area contributed by atoms with E-state index in [9.17, 15) is 4.79 Å². The van der Waals surface area contributed by atoms with Crippen LogP contribution in [0.5, 0.6) is 0 Å². The summed E-state index contributed by atoms with van der Waals surface area (Å²) in [7, 11) is 0. The van der Waals surface area contributed by atoms with Crippen LogP contribution in [0.2, 0.25) is 0 Å². The molecule has 1 aliphatic rings. The molecule has 2 rings (SSSR count). The van der Waals surface area contributed by atoms with Crippen molar-refractivity contribution in [1.29, 1.82) is 0 Å². The summed E-state index contributed by atoms with van der Waals surface area (Å²) in [6.45, 7) is 10.8. The van der Waals surface area contributed by atoms with Crippen LogP contribution < -0.4 is 10.2 Å². The van der Waals surface area contributed by atoms with Crippen LogP contribution in [0.4, 0.5) is 5.69 Å². The number of carbonyl (C=O) groups is 1. The molecule has 116 valence electrons. The number of aryl methyl sites for hydroxylation is 1. The number of carbonyl (C=O) groups excluding carboxylic acids is 1. The predicted octanol–water partition coefficient (Wildman–Crippen LogP) is 2.03. The van der Waals surface area contributed by atoms with E-state index in [1.165, 1.54) is 11.3 Å². The summed E-state index contributed by atoms with van der Waals surface area (Å²) in [5, 5.41) is 2.99. The first-order chi connectivity index (χ1) is 10.1. The second-order valence-electron chi connectivity index (χ2n) is 5.83. The molecule has 1 fully saturated rings. The van der Waals surface area contributed by atoms with Crippen molar-refractivity contribution in [1.82, 2.24) is 10.2 Å². The van der Waals surface area contributed by atoms with Crippen LogP contribution in [0.3, 0.4) is 0 Å². The fourth-order valence-electron chi connectivity index (χ4n) is 2.75. The highest BCUT2D eigenvalue weighted by atomic mass is 16.2. The lowest BCUT2D eigenvalue weighted by molar-refractivity contribution is -0.126. The number of amides is 1. The maximum absolute atomic E-state index is 12.0. The molecule has 1 aromatic rings. The Kier molecular flexibility index (Phi) is 5.62. The fraction of sp³-hybridized carbons (Fsp3) is 0.588. The van der Waals surface area contributed by atoms with Crippen molar-refractivity contribution in [2.24, 2.45) is 0 Å². The van der Waals surface area contributed by atoms with Crippen LogP contribution in [-0.4, -0.2) is 49.6 Å². The molecular weight excluding hydrogens is 262 g/mol. The molecular formula is C17H27N3O. The van der Waals surface area contributed by atoms with Crippen LogP contribution in [-0.2, 0) is 4.79 Å². The van der Waals surface area contributed by atoms with Gasteiger partial charge in [0.15, 0.2) is 0 Å². The van der Waals surface area contributed by atoms with Gasteiger partial charge in [-0.1, -0.05) is 19.1 Å². The maximum atomic E-state index is 12.0. The molecule has 0 aromatic heterocycles. The molecule has 0 saturated carbocycles. The van der Waals surface area contributed by atoms with Gasteiger partial charge in [-0.25, -0.2) is 0 Å². The quantitative estimate of drug-likeness (QED) is 0.901. The van der Waals surface area contributed by atoms with Crippen molar-refractivity contribution < 1.29 is 4.79 Å². The van der Waals surface area contributed by atoms with Gasteiger partial charge in [0.2, 0.25) is 5.91 Å². The Hall–Kier alpha value is -1.55. The second-order valence-corrected chi connectivity index (χ2v) is 5.83. The van der Waals surface area contributed by atoms with Crippen LogP contribution in [0.1, 0.15) is 25.8 Å². The van der Waals surface area contributed by atoms with Crippen molar-refractivity contribution in [3.05, 3.63) is 29.8 Å². The molecule has 0 bridgehead atoms. The molecule has 4 nitrogen and oxygen atoms in total. The minimum absolute atomic E-state index is 0.0313. The highest BCUT2D eigenvalue weighted by Gasteiger charge is 2.25. The molecule has 0 spiro atoms. The van der Waals surface area contributed by atoms with Gasteiger partial charge in [-0.3, -0.25) is 9.69 Å². The van der Waals surface area contributed by atoms with Crippen molar-refractivity contribution >= 4 is 11.6 Å². The second kappa shape index (κ2) is 7.46. The molecule has 1 heterocycles. The first-order valence-corrected chi connectivity index (χ1v) is 7.95. The van der Waals surface area contributed by atoms with Crippen LogP contribution in [0.25, 0.3) is 0 Å². The third-order valence-corrected chi connectivity index (χ3v) is 4.16. The Morgan fingerprint density at radius 3 is 2.62 bits per heavy atom. The van der Waals surface area contributed by atoms with E-state index in [1.54, 1.807) is 0 Å². The van der Waals surface area contributed by atoms with E-state index < -0.39 is 0 Å². The standard InChI is InChI=1S/C17H27N3O/c1-4-8-18-17(21)15(3)19-9-11-20(12-10-19)16-7-5-6-14(2)13-16/h5-7,13,15H,4,8-12H2,1-3H3,(H,18,21). The summed E-state index contributed by atoms with van der Waals surface area (Å²) in [6, 6.07) is 8.60. The van der Waals surface area contributed by atoms with Gasteiger partial charge in [-0.15, -0.1) is 0 Å². The van der Waals surface area contributed by atoms with Crippen molar-refractivity contribution in [2.45, 2.75) is 33.2 Å². The Labute approximate surface area is 128 Å². The van der Waals surface area contributed by atoms with Gasteiger partial charge < -0.3 is 10.2 Å². The summed E-state index contributed by atoms with van der Waals surface area (Å²) in [5.74, 6) is 0.154. The topological polar surface area (TPSA) is 35.6 Å². The molecule has 1 unspecified atom stereocenters. The summed E-state index contributed by atoms with van der Waals surface area (Å²) in [4.78, 5) is 16.7. The number of anilines is 1. The largest absolute Gasteiger partial charge is 0.369 e. The lowest BCUT2D eigenvalue weighted by atomic mass is 10.1. The first-order valence-electron chi connectivity index (χ1n) is 7.95. The Morgan fingerprint density at radius 1 is 1.29 bits per heavy atom. The van der Waals surface area contributed by atoms with E-state index >= 15 is 0 Å². The number of piperazine rings is 1. The summed E-state index contributed by atoms with van der Waals surface area (Å²) < 4.78 is 0. The van der Waals surface area contributed by atoms with Crippen LogP contribution in [0.15, 0.2) is 24.3 Å². The molecule has 1 atom stereocenters. The van der Waals surface area contributed by atoms with Gasteiger partial charge in [0.1, 0.15) is 0 Å². The molecule has 1 saturated heterocycles. The number of benzene rings is 1. The molecule has 0 radical (unpaired) electrons. The third-order valence-electron chi connectivity index (χ3n) is 4.16. The van der Waals surface area contributed by atoms with Crippen LogP contribution >= 0.6 is 0 Å². The number of rotatable bonds is 5. The fourth-order valence-corrected chi connectivity index (χ4v) is 2.75. The summed E-state index contributed by atoms with van der Waals surface area (Å²) >= 11 is 0. The van der Waals surface area contributed by atoms with E-state index in [2.05, 4.69) is 53.2 Å². The number of nitrogens with zero attached hydrogens (tertiary/aromatic N) is 2. The molecule has 0 aliphatic carbocycles. The van der Waals surface area contributed by atoms with E-state index in [4.69, 9.17) is 0 Å². The number of hydrogen-bond donors (Lipinski definition) is 1. The van der Waals surface area contributed by atoms with Crippen molar-refractivity contribution in [3.8, 4) is 0 Å². The minimum Gasteiger partial charge on any atom is -0.369 e. The zero-order valence-corrected chi connectivity index (χ0v) is 13.4. The zero-order valence-electron chi connectivity index (χ0n) is 13.4. The summed E-state index contributed by atoms with van der Waals surface area (Å²) in [6.07, 6.45) is 0.986. The molecule has 4 heteroatoms. The normalized spacial score (nSPS) is 17.6. The lowest BCUT2D eigenvalue weighted by Crippen LogP contribution is -2.54. The predicted molar refractivity (Wildman–Crippen MR) is 87.7 cm³/mol. The van der Waals surface area contributed by atoms with E-state index in [1.807, 2.05) is 6.92 Å². The SMILES string of the molecule is CCCNC(=O)C(C)N1CCN(c2cccc(C)c2)CC1. The maximum Gasteiger partial charge on any atom is 0.237 e. The highest BCUT2D eigenvalue weighted by molar-refractivity contribution is 5.81. The van der Waals surface area contributed by atoms with Gasteiger partial charge in [0.25, 0.3) is 0 Å². The summed E-state index contributed by atoms with van der Waals surface area (Å²) in [5.41, 5.74) is 2.58. The zero-order chi connectivity index (χ0) is 15.2. The third kappa shape index (κ3) is 4.21. The molecule has 1 N–H and O–H groups in total. The number of hydrogen-bond acceptors (Lipinski definition) is 3. The van der Waals surface area contributed by atoms with E-state index in [-0.39, 0.29) is 11.9 Å². The molecule has 1 amide bonds. The molecule has 1 aromatic carbocycles. The lowest BCUT2D eigenvalue weighted by Gasteiger charge is -2.38. The van der Waals surface area contributed by atoms with Gasteiger partial charge in [-0.2, -0.15) is 0 Å². The average Bonchev–Trinajstić information content (AvgIpc) is 2.52.